The van der Waals surface area contributed by atoms with Crippen LogP contribution in [0.4, 0.5) is 14.5 Å². The van der Waals surface area contributed by atoms with E-state index in [4.69, 9.17) is 0 Å². The lowest BCUT2D eigenvalue weighted by Crippen LogP contribution is -2.31. The topological polar surface area (TPSA) is 63.1 Å². The van der Waals surface area contributed by atoms with E-state index in [1.165, 1.54) is 18.2 Å². The molecule has 30 heavy (non-hydrogen) atoms. The Morgan fingerprint density at radius 2 is 1.77 bits per heavy atom. The number of carbonyl (C=O) groups is 1. The highest BCUT2D eigenvalue weighted by atomic mass is 19.1. The summed E-state index contributed by atoms with van der Waals surface area (Å²) in [4.78, 5) is 15.0. The number of likely N-dealkylation sites (tertiary alicyclic amines) is 1. The minimum Gasteiger partial charge on any atom is -0.319 e. The van der Waals surface area contributed by atoms with E-state index in [0.717, 1.165) is 30.9 Å². The van der Waals surface area contributed by atoms with E-state index in [2.05, 4.69) is 20.4 Å². The molecule has 0 saturated carbocycles. The van der Waals surface area contributed by atoms with E-state index in [9.17, 15) is 13.6 Å². The van der Waals surface area contributed by atoms with Crippen LogP contribution in [0.3, 0.4) is 0 Å². The van der Waals surface area contributed by atoms with Crippen LogP contribution in [0.25, 0.3) is 0 Å². The lowest BCUT2D eigenvalue weighted by atomic mass is 9.89. The minimum atomic E-state index is -0.414. The van der Waals surface area contributed by atoms with Crippen molar-refractivity contribution in [3.05, 3.63) is 77.4 Å². The van der Waals surface area contributed by atoms with Gasteiger partial charge in [0.2, 0.25) is 5.82 Å². The number of nitrogens with zero attached hydrogens (tertiary/aromatic N) is 4. The first-order valence-corrected chi connectivity index (χ1v) is 10.0. The summed E-state index contributed by atoms with van der Waals surface area (Å²) >= 11 is 0. The van der Waals surface area contributed by atoms with Crippen LogP contribution in [0, 0.1) is 23.5 Å². The van der Waals surface area contributed by atoms with Crippen LogP contribution in [0.15, 0.2) is 48.5 Å². The minimum absolute atomic E-state index is 0.218. The van der Waals surface area contributed by atoms with Crippen molar-refractivity contribution in [2.45, 2.75) is 19.5 Å². The molecule has 6 nitrogen and oxygen atoms in total. The number of hydrogen-bond acceptors (Lipinski definition) is 4. The second-order valence-corrected chi connectivity index (χ2v) is 8.06. The van der Waals surface area contributed by atoms with E-state index in [1.54, 1.807) is 24.3 Å². The summed E-state index contributed by atoms with van der Waals surface area (Å²) in [5.74, 6) is 0.835. The van der Waals surface area contributed by atoms with Gasteiger partial charge in [-0.25, -0.2) is 8.78 Å². The fourth-order valence-electron chi connectivity index (χ4n) is 4.56. The Bertz CT molecular complexity index is 1100. The van der Waals surface area contributed by atoms with Crippen molar-refractivity contribution in [3.63, 3.8) is 0 Å². The van der Waals surface area contributed by atoms with E-state index in [-0.39, 0.29) is 11.6 Å². The van der Waals surface area contributed by atoms with Crippen LogP contribution in [-0.4, -0.2) is 38.7 Å². The maximum Gasteiger partial charge on any atom is 0.293 e. The van der Waals surface area contributed by atoms with Gasteiger partial charge in [0.25, 0.3) is 5.91 Å². The quantitative estimate of drug-likeness (QED) is 0.719. The van der Waals surface area contributed by atoms with Gasteiger partial charge in [-0.2, -0.15) is 0 Å². The van der Waals surface area contributed by atoms with Crippen LogP contribution >= 0.6 is 0 Å². The molecule has 2 aliphatic heterocycles. The van der Waals surface area contributed by atoms with E-state index < -0.39 is 11.7 Å². The summed E-state index contributed by atoms with van der Waals surface area (Å²) in [6.45, 7) is 3.17. The number of aromatic nitrogens is 3. The molecule has 154 valence electrons. The first-order chi connectivity index (χ1) is 14.5. The maximum atomic E-state index is 13.5. The van der Waals surface area contributed by atoms with E-state index >= 15 is 0 Å². The Morgan fingerprint density at radius 1 is 1.00 bits per heavy atom. The molecule has 2 aliphatic rings. The number of carbonyl (C=O) groups excluding carboxylic acids is 1. The standard InChI is InChI=1S/C22H21F2N5O/c23-17-4-1-3-14(7-17)10-28-11-15-8-20-26-27-21(29(20)13-16(15)12-28)22(30)25-19-6-2-5-18(24)9-19/h1-7,9,15-16H,8,10-13H2,(H,25,30)/t15-,16-/m0/s1. The Morgan fingerprint density at radius 3 is 2.57 bits per heavy atom. The number of hydrogen-bond donors (Lipinski definition) is 1. The second kappa shape index (κ2) is 7.60. The van der Waals surface area contributed by atoms with Gasteiger partial charge in [-0.1, -0.05) is 18.2 Å². The van der Waals surface area contributed by atoms with Gasteiger partial charge in [-0.3, -0.25) is 9.69 Å². The fourth-order valence-corrected chi connectivity index (χ4v) is 4.56. The predicted octanol–water partition coefficient (Wildman–Crippen LogP) is 3.11. The van der Waals surface area contributed by atoms with Crippen LogP contribution in [0.5, 0.6) is 0 Å². The highest BCUT2D eigenvalue weighted by Crippen LogP contribution is 2.33. The number of fused-ring (bicyclic) bond motifs is 2. The summed E-state index contributed by atoms with van der Waals surface area (Å²) in [6, 6.07) is 12.5. The molecule has 5 rings (SSSR count). The molecule has 2 aromatic carbocycles. The average Bonchev–Trinajstić information content (AvgIpc) is 3.28. The van der Waals surface area contributed by atoms with Crippen LogP contribution in [0.1, 0.15) is 22.0 Å². The van der Waals surface area contributed by atoms with Crippen molar-refractivity contribution < 1.29 is 13.6 Å². The lowest BCUT2D eigenvalue weighted by molar-refractivity contribution is 0.100. The van der Waals surface area contributed by atoms with Crippen molar-refractivity contribution in [2.24, 2.45) is 11.8 Å². The van der Waals surface area contributed by atoms with Crippen molar-refractivity contribution >= 4 is 11.6 Å². The molecule has 1 aromatic heterocycles. The molecule has 0 radical (unpaired) electrons. The lowest BCUT2D eigenvalue weighted by Gasteiger charge is -2.25. The van der Waals surface area contributed by atoms with E-state index in [0.29, 0.717) is 30.6 Å². The van der Waals surface area contributed by atoms with Gasteiger partial charge in [0.05, 0.1) is 0 Å². The smallest absolute Gasteiger partial charge is 0.293 e. The van der Waals surface area contributed by atoms with Gasteiger partial charge in [0, 0.05) is 38.3 Å². The molecule has 0 bridgehead atoms. The molecule has 3 heterocycles. The summed E-state index contributed by atoms with van der Waals surface area (Å²) in [5.41, 5.74) is 1.34. The number of benzene rings is 2. The highest BCUT2D eigenvalue weighted by Gasteiger charge is 2.39. The van der Waals surface area contributed by atoms with Crippen molar-refractivity contribution in [3.8, 4) is 0 Å². The van der Waals surface area contributed by atoms with Crippen molar-refractivity contribution in [1.29, 1.82) is 0 Å². The normalized spacial score (nSPS) is 20.6. The Hall–Kier alpha value is -3.13. The zero-order valence-electron chi connectivity index (χ0n) is 16.3. The van der Waals surface area contributed by atoms with Gasteiger partial charge in [0.15, 0.2) is 0 Å². The maximum absolute atomic E-state index is 13.5. The Balaban J connectivity index is 1.28. The molecule has 0 unspecified atom stereocenters. The predicted molar refractivity (Wildman–Crippen MR) is 107 cm³/mol. The van der Waals surface area contributed by atoms with Crippen LogP contribution in [-0.2, 0) is 19.5 Å². The highest BCUT2D eigenvalue weighted by molar-refractivity contribution is 6.01. The number of amides is 1. The third-order valence-electron chi connectivity index (χ3n) is 5.92. The molecule has 3 aromatic rings. The molecule has 1 saturated heterocycles. The molecule has 8 heteroatoms. The molecule has 0 aliphatic carbocycles. The van der Waals surface area contributed by atoms with Gasteiger partial charge >= 0.3 is 0 Å². The summed E-state index contributed by atoms with van der Waals surface area (Å²) in [6.07, 6.45) is 0.755. The molecule has 2 atom stereocenters. The number of rotatable bonds is 4. The average molecular weight is 409 g/mol. The molecule has 1 N–H and O–H groups in total. The molecule has 0 spiro atoms. The van der Waals surface area contributed by atoms with Crippen molar-refractivity contribution in [1.82, 2.24) is 19.7 Å². The van der Waals surface area contributed by atoms with E-state index in [1.807, 2.05) is 10.6 Å². The summed E-state index contributed by atoms with van der Waals surface area (Å²) in [5, 5.41) is 11.0. The monoisotopic (exact) mass is 409 g/mol. The van der Waals surface area contributed by atoms with Crippen molar-refractivity contribution in [2.75, 3.05) is 18.4 Å². The van der Waals surface area contributed by atoms with Gasteiger partial charge in [-0.15, -0.1) is 10.2 Å². The Labute approximate surface area is 172 Å². The molecular formula is C22H21F2N5O. The second-order valence-electron chi connectivity index (χ2n) is 8.06. The third kappa shape index (κ3) is 3.70. The SMILES string of the molecule is O=C(Nc1cccc(F)c1)c1nnc2n1C[C@@H]1CN(Cc3cccc(F)c3)C[C@@H]1C2. The number of halogens is 2. The molecular weight excluding hydrogens is 388 g/mol. The number of nitrogens with one attached hydrogen (secondary N) is 1. The molecule has 1 amide bonds. The van der Waals surface area contributed by atoms with Gasteiger partial charge in [-0.05, 0) is 47.7 Å². The van der Waals surface area contributed by atoms with Gasteiger partial charge < -0.3 is 9.88 Å². The molecule has 1 fully saturated rings. The zero-order valence-corrected chi connectivity index (χ0v) is 16.3. The van der Waals surface area contributed by atoms with Crippen LogP contribution < -0.4 is 5.32 Å². The fraction of sp³-hybridized carbons (Fsp3) is 0.318. The van der Waals surface area contributed by atoms with Crippen LogP contribution in [0.2, 0.25) is 0 Å². The Kier molecular flexibility index (Phi) is 4.78. The summed E-state index contributed by atoms with van der Waals surface area (Å²) < 4.78 is 28.7. The first-order valence-electron chi connectivity index (χ1n) is 10.0. The number of anilines is 1. The van der Waals surface area contributed by atoms with Gasteiger partial charge in [0.1, 0.15) is 17.5 Å². The summed E-state index contributed by atoms with van der Waals surface area (Å²) in [7, 11) is 0. The first kappa shape index (κ1) is 18.9. The third-order valence-corrected chi connectivity index (χ3v) is 5.92. The largest absolute Gasteiger partial charge is 0.319 e. The zero-order chi connectivity index (χ0) is 20.7.